The predicted molar refractivity (Wildman–Crippen MR) is 152 cm³/mol. The zero-order valence-electron chi connectivity index (χ0n) is 21.1. The quantitative estimate of drug-likeness (QED) is 0.331. The number of aryl methyl sites for hydroxylation is 3. The van der Waals surface area contributed by atoms with Gasteiger partial charge in [-0.1, -0.05) is 53.7 Å². The number of thiophene rings is 1. The number of amides is 2. The summed E-state index contributed by atoms with van der Waals surface area (Å²) in [6.45, 7) is 7.73. The molecule has 0 radical (unpaired) electrons. The number of allylic oxidation sites excluding steroid dienone is 2. The number of nitrogens with zero attached hydrogens (tertiary/aromatic N) is 1. The molecule has 1 aliphatic rings. The van der Waals surface area contributed by atoms with Crippen LogP contribution >= 0.6 is 23.1 Å². The molecule has 1 aromatic heterocycles. The van der Waals surface area contributed by atoms with Crippen molar-refractivity contribution in [3.63, 3.8) is 0 Å². The third kappa shape index (κ3) is 5.96. The van der Waals surface area contributed by atoms with Gasteiger partial charge in [0.1, 0.15) is 0 Å². The van der Waals surface area contributed by atoms with Gasteiger partial charge in [0.2, 0.25) is 5.91 Å². The number of thioether (sulfide) groups is 1. The molecule has 0 aliphatic carbocycles. The van der Waals surface area contributed by atoms with Crippen molar-refractivity contribution < 1.29 is 9.59 Å². The van der Waals surface area contributed by atoms with Gasteiger partial charge in [-0.25, -0.2) is 0 Å². The van der Waals surface area contributed by atoms with Crippen LogP contribution in [0.2, 0.25) is 0 Å². The second kappa shape index (κ2) is 11.5. The van der Waals surface area contributed by atoms with E-state index in [2.05, 4.69) is 22.0 Å². The summed E-state index contributed by atoms with van der Waals surface area (Å²) < 4.78 is 0. The topological polar surface area (TPSA) is 94.0 Å². The number of hydrogen-bond acceptors (Lipinski definition) is 6. The lowest BCUT2D eigenvalue weighted by molar-refractivity contribution is -0.114. The van der Waals surface area contributed by atoms with Crippen molar-refractivity contribution in [1.82, 2.24) is 5.32 Å². The zero-order chi connectivity index (χ0) is 26.5. The molecule has 0 saturated carbocycles. The van der Waals surface area contributed by atoms with Crippen LogP contribution < -0.4 is 16.0 Å². The SMILES string of the molecule is CC1=C(C(=O)Nc2ccccc2C)[C@@H](c2cccs2)C(C#N)=C(SCC(=O)Nc2ccc(C)cc2C)N1. The standard InChI is InChI=1S/C29H28N4O2S2/c1-17-11-12-23(19(3)14-17)32-25(34)16-37-29-21(15-30)27(24-10-7-13-36-24)26(20(4)31-29)28(35)33-22-9-6-5-8-18(22)2/h5-14,27,31H,16H2,1-4H3,(H,32,34)(H,33,35)/t27-/m1/s1. The number of nitriles is 1. The Labute approximate surface area is 225 Å². The van der Waals surface area contributed by atoms with Gasteiger partial charge in [0.05, 0.1) is 28.3 Å². The largest absolute Gasteiger partial charge is 0.353 e. The normalized spacial score (nSPS) is 15.2. The summed E-state index contributed by atoms with van der Waals surface area (Å²) in [4.78, 5) is 27.2. The van der Waals surface area contributed by atoms with E-state index in [1.807, 2.05) is 87.7 Å². The van der Waals surface area contributed by atoms with E-state index in [1.165, 1.54) is 23.1 Å². The Kier molecular flexibility index (Phi) is 8.17. The predicted octanol–water partition coefficient (Wildman–Crippen LogP) is 6.38. The zero-order valence-corrected chi connectivity index (χ0v) is 22.8. The highest BCUT2D eigenvalue weighted by atomic mass is 32.2. The number of benzene rings is 2. The summed E-state index contributed by atoms with van der Waals surface area (Å²) in [5.74, 6) is -0.834. The molecule has 2 amide bonds. The van der Waals surface area contributed by atoms with Crippen LogP contribution in [0.5, 0.6) is 0 Å². The monoisotopic (exact) mass is 528 g/mol. The first-order valence-corrected chi connectivity index (χ1v) is 13.7. The van der Waals surface area contributed by atoms with E-state index in [0.29, 0.717) is 21.9 Å². The van der Waals surface area contributed by atoms with Crippen molar-refractivity contribution >= 4 is 46.3 Å². The summed E-state index contributed by atoms with van der Waals surface area (Å²) >= 11 is 2.76. The number of anilines is 2. The second-order valence-corrected chi connectivity index (χ2v) is 10.9. The molecular weight excluding hydrogens is 500 g/mol. The van der Waals surface area contributed by atoms with Crippen LogP contribution in [0.15, 0.2) is 81.8 Å². The molecule has 8 heteroatoms. The van der Waals surface area contributed by atoms with Crippen molar-refractivity contribution in [3.05, 3.63) is 103 Å². The van der Waals surface area contributed by atoms with Crippen molar-refractivity contribution in [1.29, 1.82) is 5.26 Å². The Hall–Kier alpha value is -3.80. The Morgan fingerprint density at radius 3 is 2.43 bits per heavy atom. The minimum Gasteiger partial charge on any atom is -0.353 e. The number of dihydropyridines is 1. The maximum Gasteiger partial charge on any atom is 0.254 e. The Morgan fingerprint density at radius 2 is 1.76 bits per heavy atom. The lowest BCUT2D eigenvalue weighted by Crippen LogP contribution is -2.31. The first-order chi connectivity index (χ1) is 17.8. The smallest absolute Gasteiger partial charge is 0.254 e. The van der Waals surface area contributed by atoms with E-state index in [1.54, 1.807) is 0 Å². The second-order valence-electron chi connectivity index (χ2n) is 8.89. The number of rotatable bonds is 7. The summed E-state index contributed by atoms with van der Waals surface area (Å²) in [6, 6.07) is 19.6. The fourth-order valence-corrected chi connectivity index (χ4v) is 5.98. The van der Waals surface area contributed by atoms with E-state index in [4.69, 9.17) is 0 Å². The molecule has 1 aliphatic heterocycles. The van der Waals surface area contributed by atoms with Gasteiger partial charge >= 0.3 is 0 Å². The molecule has 1 atom stereocenters. The summed E-state index contributed by atoms with van der Waals surface area (Å²) in [6.07, 6.45) is 0. The minimum absolute atomic E-state index is 0.121. The molecule has 4 rings (SSSR count). The molecule has 0 fully saturated rings. The van der Waals surface area contributed by atoms with E-state index >= 15 is 0 Å². The fourth-order valence-electron chi connectivity index (χ4n) is 4.25. The van der Waals surface area contributed by atoms with Crippen molar-refractivity contribution in [2.45, 2.75) is 33.6 Å². The Bertz CT molecular complexity index is 1450. The molecule has 2 heterocycles. The van der Waals surface area contributed by atoms with Gasteiger partial charge in [-0.15, -0.1) is 11.3 Å². The van der Waals surface area contributed by atoms with E-state index in [0.717, 1.165) is 32.9 Å². The van der Waals surface area contributed by atoms with Crippen LogP contribution in [-0.4, -0.2) is 17.6 Å². The van der Waals surface area contributed by atoms with Crippen LogP contribution in [0.25, 0.3) is 0 Å². The molecule has 2 aromatic carbocycles. The molecular formula is C29H28N4O2S2. The van der Waals surface area contributed by atoms with E-state index in [9.17, 15) is 14.9 Å². The number of nitrogens with one attached hydrogen (secondary N) is 3. The molecule has 37 heavy (non-hydrogen) atoms. The van der Waals surface area contributed by atoms with Gasteiger partial charge in [-0.3, -0.25) is 9.59 Å². The molecule has 0 saturated heterocycles. The molecule has 3 N–H and O–H groups in total. The van der Waals surface area contributed by atoms with E-state index < -0.39 is 5.92 Å². The molecule has 3 aromatic rings. The van der Waals surface area contributed by atoms with Gasteiger partial charge in [0, 0.05) is 27.5 Å². The lowest BCUT2D eigenvalue weighted by Gasteiger charge is -2.29. The fraction of sp³-hybridized carbons (Fsp3) is 0.207. The first-order valence-electron chi connectivity index (χ1n) is 11.8. The third-order valence-electron chi connectivity index (χ3n) is 6.12. The highest BCUT2D eigenvalue weighted by Gasteiger charge is 2.35. The van der Waals surface area contributed by atoms with Crippen LogP contribution in [-0.2, 0) is 9.59 Å². The van der Waals surface area contributed by atoms with Crippen molar-refractivity contribution in [3.8, 4) is 6.07 Å². The van der Waals surface area contributed by atoms with Crippen LogP contribution in [0.3, 0.4) is 0 Å². The van der Waals surface area contributed by atoms with E-state index in [-0.39, 0.29) is 17.6 Å². The van der Waals surface area contributed by atoms with Gasteiger partial charge in [-0.2, -0.15) is 5.26 Å². The first kappa shape index (κ1) is 26.3. The number of para-hydroxylation sites is 1. The van der Waals surface area contributed by atoms with Crippen LogP contribution in [0, 0.1) is 32.1 Å². The van der Waals surface area contributed by atoms with Gasteiger partial charge in [0.15, 0.2) is 0 Å². The summed E-state index contributed by atoms with van der Waals surface area (Å²) in [7, 11) is 0. The Balaban J connectivity index is 1.59. The highest BCUT2D eigenvalue weighted by molar-refractivity contribution is 8.03. The van der Waals surface area contributed by atoms with Gasteiger partial charge in [0.25, 0.3) is 5.91 Å². The molecule has 6 nitrogen and oxygen atoms in total. The molecule has 0 unspecified atom stereocenters. The number of carbonyl (C=O) groups excluding carboxylic acids is 2. The summed E-state index contributed by atoms with van der Waals surface area (Å²) in [5.41, 5.74) is 6.14. The van der Waals surface area contributed by atoms with Gasteiger partial charge < -0.3 is 16.0 Å². The highest BCUT2D eigenvalue weighted by Crippen LogP contribution is 2.42. The number of hydrogen-bond donors (Lipinski definition) is 3. The maximum absolute atomic E-state index is 13.5. The average Bonchev–Trinajstić information content (AvgIpc) is 3.40. The third-order valence-corrected chi connectivity index (χ3v) is 8.07. The van der Waals surface area contributed by atoms with Crippen LogP contribution in [0.1, 0.15) is 34.4 Å². The van der Waals surface area contributed by atoms with Crippen molar-refractivity contribution in [2.24, 2.45) is 0 Å². The molecule has 0 bridgehead atoms. The Morgan fingerprint density at radius 1 is 1.00 bits per heavy atom. The molecule has 188 valence electrons. The minimum atomic E-state index is -0.528. The van der Waals surface area contributed by atoms with Crippen LogP contribution in [0.4, 0.5) is 11.4 Å². The summed E-state index contributed by atoms with van der Waals surface area (Å²) in [5, 5.41) is 21.9. The van der Waals surface area contributed by atoms with Gasteiger partial charge in [-0.05, 0) is 62.4 Å². The molecule has 0 spiro atoms. The average molecular weight is 529 g/mol. The maximum atomic E-state index is 13.5. The number of carbonyl (C=O) groups is 2. The van der Waals surface area contributed by atoms with Crippen molar-refractivity contribution in [2.75, 3.05) is 16.4 Å². The lowest BCUT2D eigenvalue weighted by atomic mass is 9.86.